The summed E-state index contributed by atoms with van der Waals surface area (Å²) in [7, 11) is 0. The van der Waals surface area contributed by atoms with Crippen LogP contribution in [0, 0.1) is 6.92 Å². The number of rotatable bonds is 4. The minimum Gasteiger partial charge on any atom is -0.484 e. The van der Waals surface area contributed by atoms with Gasteiger partial charge < -0.3 is 9.64 Å². The van der Waals surface area contributed by atoms with Gasteiger partial charge in [0, 0.05) is 19.0 Å². The van der Waals surface area contributed by atoms with Gasteiger partial charge in [-0.3, -0.25) is 4.79 Å². The summed E-state index contributed by atoms with van der Waals surface area (Å²) in [5.74, 6) is 1.16. The van der Waals surface area contributed by atoms with E-state index >= 15 is 0 Å². The summed E-state index contributed by atoms with van der Waals surface area (Å²) in [4.78, 5) is 19.3. The van der Waals surface area contributed by atoms with Crippen LogP contribution < -0.4 is 4.74 Å². The lowest BCUT2D eigenvalue weighted by molar-refractivity contribution is -0.134. The molecule has 3 aromatic rings. The van der Waals surface area contributed by atoms with E-state index in [2.05, 4.69) is 12.1 Å². The highest BCUT2D eigenvalue weighted by Gasteiger charge is 2.27. The molecule has 1 atom stereocenters. The number of para-hydroxylation sites is 2. The van der Waals surface area contributed by atoms with Crippen LogP contribution in [0.3, 0.4) is 0 Å². The molecule has 0 radical (unpaired) electrons. The lowest BCUT2D eigenvalue weighted by atomic mass is 9.99. The van der Waals surface area contributed by atoms with Crippen LogP contribution in [0.2, 0.25) is 0 Å². The number of aromatic nitrogens is 1. The van der Waals surface area contributed by atoms with Crippen LogP contribution >= 0.6 is 11.3 Å². The first-order valence-corrected chi connectivity index (χ1v) is 9.84. The van der Waals surface area contributed by atoms with Crippen molar-refractivity contribution in [2.45, 2.75) is 25.7 Å². The van der Waals surface area contributed by atoms with Gasteiger partial charge in [-0.2, -0.15) is 0 Å². The Kier molecular flexibility index (Phi) is 4.89. The predicted molar refractivity (Wildman–Crippen MR) is 105 cm³/mol. The maximum absolute atomic E-state index is 12.6. The number of carbonyl (C=O) groups is 1. The van der Waals surface area contributed by atoms with Crippen molar-refractivity contribution in [2.75, 3.05) is 19.7 Å². The third-order valence-corrected chi connectivity index (χ3v) is 6.08. The second-order valence-corrected chi connectivity index (χ2v) is 7.82. The van der Waals surface area contributed by atoms with Gasteiger partial charge in [0.2, 0.25) is 0 Å². The maximum Gasteiger partial charge on any atom is 0.260 e. The average Bonchev–Trinajstić information content (AvgIpc) is 3.11. The number of likely N-dealkylation sites (tertiary alicyclic amines) is 1. The van der Waals surface area contributed by atoms with Gasteiger partial charge in [-0.25, -0.2) is 4.98 Å². The maximum atomic E-state index is 12.6. The van der Waals surface area contributed by atoms with E-state index in [4.69, 9.17) is 9.72 Å². The molecule has 1 aliphatic heterocycles. The number of hydrogen-bond donors (Lipinski definition) is 0. The van der Waals surface area contributed by atoms with Crippen molar-refractivity contribution in [3.8, 4) is 5.75 Å². The zero-order valence-electron chi connectivity index (χ0n) is 14.9. The predicted octanol–water partition coefficient (Wildman–Crippen LogP) is 4.39. The van der Waals surface area contributed by atoms with E-state index in [-0.39, 0.29) is 12.5 Å². The summed E-state index contributed by atoms with van der Waals surface area (Å²) in [6.07, 6.45) is 2.10. The van der Waals surface area contributed by atoms with E-state index in [0.29, 0.717) is 5.92 Å². The van der Waals surface area contributed by atoms with Crippen LogP contribution in [0.5, 0.6) is 5.75 Å². The Bertz CT molecular complexity index is 888. The molecule has 134 valence electrons. The third-order valence-electron chi connectivity index (χ3n) is 4.88. The number of nitrogens with zero attached hydrogens (tertiary/aromatic N) is 2. The van der Waals surface area contributed by atoms with Crippen molar-refractivity contribution < 1.29 is 9.53 Å². The third kappa shape index (κ3) is 3.58. The van der Waals surface area contributed by atoms with Crippen molar-refractivity contribution in [1.29, 1.82) is 0 Å². The van der Waals surface area contributed by atoms with E-state index in [0.717, 1.165) is 47.8 Å². The quantitative estimate of drug-likeness (QED) is 0.688. The Labute approximate surface area is 157 Å². The fraction of sp³-hybridized carbons (Fsp3) is 0.333. The topological polar surface area (TPSA) is 42.4 Å². The van der Waals surface area contributed by atoms with Crippen molar-refractivity contribution >= 4 is 27.5 Å². The van der Waals surface area contributed by atoms with E-state index in [1.807, 2.05) is 48.2 Å². The van der Waals surface area contributed by atoms with Crippen LogP contribution in [0.4, 0.5) is 0 Å². The van der Waals surface area contributed by atoms with Gasteiger partial charge in [0.15, 0.2) is 6.61 Å². The molecule has 0 unspecified atom stereocenters. The van der Waals surface area contributed by atoms with Crippen molar-refractivity contribution in [1.82, 2.24) is 9.88 Å². The van der Waals surface area contributed by atoms with Crippen molar-refractivity contribution in [2.24, 2.45) is 0 Å². The number of thiazole rings is 1. The monoisotopic (exact) mass is 366 g/mol. The van der Waals surface area contributed by atoms with Gasteiger partial charge in [-0.05, 0) is 43.5 Å². The number of hydrogen-bond acceptors (Lipinski definition) is 4. The second-order valence-electron chi connectivity index (χ2n) is 6.75. The molecule has 1 amide bonds. The molecule has 1 aromatic heterocycles. The van der Waals surface area contributed by atoms with Crippen LogP contribution in [0.1, 0.15) is 29.3 Å². The highest BCUT2D eigenvalue weighted by molar-refractivity contribution is 7.18. The number of aryl methyl sites for hydroxylation is 1. The molecular formula is C21H22N2O2S. The lowest BCUT2D eigenvalue weighted by Crippen LogP contribution is -2.41. The van der Waals surface area contributed by atoms with E-state index in [1.165, 1.54) is 4.70 Å². The Morgan fingerprint density at radius 3 is 2.88 bits per heavy atom. The normalized spacial score (nSPS) is 17.4. The highest BCUT2D eigenvalue weighted by atomic mass is 32.1. The van der Waals surface area contributed by atoms with Crippen molar-refractivity contribution in [3.05, 3.63) is 59.1 Å². The molecule has 26 heavy (non-hydrogen) atoms. The molecular weight excluding hydrogens is 344 g/mol. The van der Waals surface area contributed by atoms with Crippen LogP contribution in [0.25, 0.3) is 10.2 Å². The summed E-state index contributed by atoms with van der Waals surface area (Å²) >= 11 is 1.75. The van der Waals surface area contributed by atoms with Crippen LogP contribution in [-0.4, -0.2) is 35.5 Å². The molecule has 1 saturated heterocycles. The molecule has 4 nitrogen and oxygen atoms in total. The second kappa shape index (κ2) is 7.46. The van der Waals surface area contributed by atoms with Gasteiger partial charge in [0.05, 0.1) is 15.2 Å². The van der Waals surface area contributed by atoms with Gasteiger partial charge in [-0.1, -0.05) is 30.3 Å². The van der Waals surface area contributed by atoms with E-state index < -0.39 is 0 Å². The van der Waals surface area contributed by atoms with Gasteiger partial charge in [-0.15, -0.1) is 11.3 Å². The van der Waals surface area contributed by atoms with Crippen LogP contribution in [-0.2, 0) is 4.79 Å². The molecule has 0 spiro atoms. The Balaban J connectivity index is 1.41. The molecule has 0 saturated carbocycles. The molecule has 1 fully saturated rings. The first-order valence-electron chi connectivity index (χ1n) is 9.02. The molecule has 2 heterocycles. The largest absolute Gasteiger partial charge is 0.484 e. The zero-order chi connectivity index (χ0) is 17.9. The number of ether oxygens (including phenoxy) is 1. The fourth-order valence-corrected chi connectivity index (χ4v) is 4.51. The SMILES string of the molecule is Cc1ccccc1OCC(=O)N1CCC[C@@H](c2nc3ccccc3s2)C1. The van der Waals surface area contributed by atoms with Gasteiger partial charge in [0.1, 0.15) is 5.75 Å². The number of fused-ring (bicyclic) bond motifs is 1. The summed E-state index contributed by atoms with van der Waals surface area (Å²) < 4.78 is 6.95. The van der Waals surface area contributed by atoms with Gasteiger partial charge >= 0.3 is 0 Å². The van der Waals surface area contributed by atoms with Gasteiger partial charge in [0.25, 0.3) is 5.91 Å². The van der Waals surface area contributed by atoms with Crippen molar-refractivity contribution in [3.63, 3.8) is 0 Å². The first-order chi connectivity index (χ1) is 12.7. The lowest BCUT2D eigenvalue weighted by Gasteiger charge is -2.31. The molecule has 0 bridgehead atoms. The van der Waals surface area contributed by atoms with E-state index in [9.17, 15) is 4.79 Å². The molecule has 1 aliphatic rings. The molecule has 5 heteroatoms. The summed E-state index contributed by atoms with van der Waals surface area (Å²) in [6.45, 7) is 3.62. The van der Waals surface area contributed by atoms with Crippen LogP contribution in [0.15, 0.2) is 48.5 Å². The smallest absolute Gasteiger partial charge is 0.260 e. The number of piperidine rings is 1. The molecule has 0 aliphatic carbocycles. The highest BCUT2D eigenvalue weighted by Crippen LogP contribution is 2.33. The minimum absolute atomic E-state index is 0.0547. The summed E-state index contributed by atoms with van der Waals surface area (Å²) in [5.41, 5.74) is 2.10. The minimum atomic E-state index is 0.0547. The fourth-order valence-electron chi connectivity index (χ4n) is 3.42. The zero-order valence-corrected chi connectivity index (χ0v) is 15.7. The first kappa shape index (κ1) is 17.0. The number of carbonyl (C=O) groups excluding carboxylic acids is 1. The number of benzene rings is 2. The Hall–Kier alpha value is -2.40. The standard InChI is InChI=1S/C21H22N2O2S/c1-15-7-2-4-10-18(15)25-14-20(24)23-12-6-8-16(13-23)21-22-17-9-3-5-11-19(17)26-21/h2-5,7,9-11,16H,6,8,12-14H2,1H3/t16-/m1/s1. The summed E-state index contributed by atoms with van der Waals surface area (Å²) in [5, 5.41) is 1.14. The molecule has 2 aromatic carbocycles. The Morgan fingerprint density at radius 1 is 1.23 bits per heavy atom. The van der Waals surface area contributed by atoms with E-state index in [1.54, 1.807) is 11.3 Å². The average molecular weight is 366 g/mol. The molecule has 4 rings (SSSR count). The Morgan fingerprint density at radius 2 is 2.04 bits per heavy atom. The molecule has 0 N–H and O–H groups in total. The number of amides is 1. The summed E-state index contributed by atoms with van der Waals surface area (Å²) in [6, 6.07) is 16.0.